The summed E-state index contributed by atoms with van der Waals surface area (Å²) in [5, 5.41) is 10.1. The monoisotopic (exact) mass is 800 g/mol. The van der Waals surface area contributed by atoms with Gasteiger partial charge in [0, 0.05) is 6.07 Å². The van der Waals surface area contributed by atoms with Gasteiger partial charge in [-0.15, -0.1) is 0 Å². The van der Waals surface area contributed by atoms with E-state index in [0.29, 0.717) is 66.5 Å². The second-order valence-electron chi connectivity index (χ2n) is 15.2. The number of ether oxygens (including phenoxy) is 6. The van der Waals surface area contributed by atoms with Crippen molar-refractivity contribution in [2.45, 2.75) is 73.9 Å². The van der Waals surface area contributed by atoms with Crippen LogP contribution in [0, 0.1) is 27.7 Å². The van der Waals surface area contributed by atoms with Crippen molar-refractivity contribution in [2.24, 2.45) is 0 Å². The molecule has 7 aromatic rings. The molecular weight excluding hydrogens is 749 g/mol. The van der Waals surface area contributed by atoms with E-state index in [4.69, 9.17) is 28.4 Å². The summed E-state index contributed by atoms with van der Waals surface area (Å²) in [7, 11) is 0. The van der Waals surface area contributed by atoms with Gasteiger partial charge in [0.05, 0.1) is 6.61 Å². The van der Waals surface area contributed by atoms with Gasteiger partial charge in [-0.05, 0) is 103 Å². The average Bonchev–Trinajstić information content (AvgIpc) is 3.27. The Balaban J connectivity index is 1.03. The first-order valence-corrected chi connectivity index (χ1v) is 20.2. The van der Waals surface area contributed by atoms with Gasteiger partial charge in [-0.2, -0.15) is 0 Å². The molecule has 0 unspecified atom stereocenters. The van der Waals surface area contributed by atoms with Crippen molar-refractivity contribution in [1.82, 2.24) is 0 Å². The maximum atomic E-state index is 10.1. The number of hydrogen-bond donors (Lipinski definition) is 1. The second-order valence-corrected chi connectivity index (χ2v) is 15.2. The molecule has 0 saturated carbocycles. The van der Waals surface area contributed by atoms with Crippen LogP contribution < -0.4 is 28.4 Å². The van der Waals surface area contributed by atoms with Crippen molar-refractivity contribution >= 4 is 0 Å². The molecule has 306 valence electrons. The molecule has 0 aliphatic rings. The summed E-state index contributed by atoms with van der Waals surface area (Å²) in [6.07, 6.45) is 0. The van der Waals surface area contributed by atoms with E-state index in [-0.39, 0.29) is 19.8 Å². The summed E-state index contributed by atoms with van der Waals surface area (Å²) in [5.41, 5.74) is 11.5. The van der Waals surface area contributed by atoms with Crippen LogP contribution in [0.2, 0.25) is 0 Å². The van der Waals surface area contributed by atoms with Crippen LogP contribution in [0.25, 0.3) is 0 Å². The Morgan fingerprint density at radius 1 is 0.283 bits per heavy atom. The van der Waals surface area contributed by atoms with Gasteiger partial charge in [-0.1, -0.05) is 131 Å². The topological polar surface area (TPSA) is 75.6 Å². The van der Waals surface area contributed by atoms with Crippen LogP contribution in [-0.2, 0) is 46.2 Å². The van der Waals surface area contributed by atoms with E-state index >= 15 is 0 Å². The molecule has 7 heteroatoms. The predicted octanol–water partition coefficient (Wildman–Crippen LogP) is 11.9. The van der Waals surface area contributed by atoms with E-state index < -0.39 is 0 Å². The minimum absolute atomic E-state index is 0.165. The van der Waals surface area contributed by atoms with E-state index in [0.717, 1.165) is 33.4 Å². The van der Waals surface area contributed by atoms with Crippen molar-refractivity contribution in [3.63, 3.8) is 0 Å². The fourth-order valence-corrected chi connectivity index (χ4v) is 6.35. The summed E-state index contributed by atoms with van der Waals surface area (Å²) in [4.78, 5) is 0. The zero-order valence-electron chi connectivity index (χ0n) is 34.8. The summed E-state index contributed by atoms with van der Waals surface area (Å²) >= 11 is 0. The fraction of sp³-hybridized carbons (Fsp3) is 0.208. The highest BCUT2D eigenvalue weighted by atomic mass is 16.5. The summed E-state index contributed by atoms with van der Waals surface area (Å²) < 4.78 is 37.8. The van der Waals surface area contributed by atoms with Crippen molar-refractivity contribution < 1.29 is 33.5 Å². The van der Waals surface area contributed by atoms with Gasteiger partial charge in [-0.25, -0.2) is 0 Å². The van der Waals surface area contributed by atoms with E-state index in [9.17, 15) is 5.11 Å². The van der Waals surface area contributed by atoms with Gasteiger partial charge < -0.3 is 33.5 Å². The largest absolute Gasteiger partial charge is 0.489 e. The number of rotatable bonds is 19. The minimum atomic E-state index is -0.165. The Hall–Kier alpha value is -6.70. The number of aliphatic hydroxyl groups is 1. The molecule has 0 amide bonds. The molecule has 1 N–H and O–H groups in total. The van der Waals surface area contributed by atoms with Crippen molar-refractivity contribution in [1.29, 1.82) is 0 Å². The third-order valence-electron chi connectivity index (χ3n) is 10.0. The zero-order chi connectivity index (χ0) is 41.7. The average molecular weight is 801 g/mol. The molecule has 0 radical (unpaired) electrons. The van der Waals surface area contributed by atoms with Crippen LogP contribution >= 0.6 is 0 Å². The first-order valence-electron chi connectivity index (χ1n) is 20.2. The Labute approximate surface area is 353 Å². The number of hydrogen-bond acceptors (Lipinski definition) is 7. The smallest absolute Gasteiger partial charge is 0.162 e. The van der Waals surface area contributed by atoms with Crippen molar-refractivity contribution in [3.05, 3.63) is 213 Å². The lowest BCUT2D eigenvalue weighted by Gasteiger charge is -2.16. The first kappa shape index (κ1) is 41.5. The lowest BCUT2D eigenvalue weighted by molar-refractivity contribution is 0.252. The molecule has 0 aromatic heterocycles. The highest BCUT2D eigenvalue weighted by Crippen LogP contribution is 2.33. The summed E-state index contributed by atoms with van der Waals surface area (Å²) in [6.45, 7) is 10.3. The molecule has 0 atom stereocenters. The van der Waals surface area contributed by atoms with E-state index in [1.165, 1.54) is 22.3 Å². The molecule has 7 rings (SSSR count). The van der Waals surface area contributed by atoms with E-state index in [1.54, 1.807) is 0 Å². The van der Waals surface area contributed by atoms with Crippen LogP contribution in [0.4, 0.5) is 0 Å². The van der Waals surface area contributed by atoms with E-state index in [2.05, 4.69) is 125 Å². The summed E-state index contributed by atoms with van der Waals surface area (Å²) in [5.74, 6) is 3.70. The molecular formula is C53H52O7. The van der Waals surface area contributed by atoms with E-state index in [1.807, 2.05) is 54.6 Å². The van der Waals surface area contributed by atoms with Gasteiger partial charge in [0.15, 0.2) is 23.0 Å². The molecule has 0 aliphatic heterocycles. The first-order chi connectivity index (χ1) is 29.2. The van der Waals surface area contributed by atoms with Crippen LogP contribution in [0.15, 0.2) is 152 Å². The molecule has 0 fully saturated rings. The maximum Gasteiger partial charge on any atom is 0.162 e. The van der Waals surface area contributed by atoms with Crippen LogP contribution in [0.3, 0.4) is 0 Å². The Kier molecular flexibility index (Phi) is 14.0. The lowest BCUT2D eigenvalue weighted by Crippen LogP contribution is -2.04. The highest BCUT2D eigenvalue weighted by molar-refractivity contribution is 5.45. The van der Waals surface area contributed by atoms with Crippen LogP contribution in [0.1, 0.15) is 61.2 Å². The quantitative estimate of drug-likeness (QED) is 0.0873. The number of aliphatic hydroxyl groups excluding tert-OH is 1. The number of benzene rings is 7. The zero-order valence-corrected chi connectivity index (χ0v) is 34.8. The van der Waals surface area contributed by atoms with Gasteiger partial charge >= 0.3 is 0 Å². The predicted molar refractivity (Wildman–Crippen MR) is 236 cm³/mol. The molecule has 0 heterocycles. The fourth-order valence-electron chi connectivity index (χ4n) is 6.35. The normalized spacial score (nSPS) is 10.9. The maximum absolute atomic E-state index is 10.1. The highest BCUT2D eigenvalue weighted by Gasteiger charge is 2.13. The van der Waals surface area contributed by atoms with Crippen LogP contribution in [-0.4, -0.2) is 5.11 Å². The number of aryl methyl sites for hydroxylation is 4. The molecule has 0 spiro atoms. The standard InChI is InChI=1S/C53H52O7/c1-37-5-13-41(14-6-37)31-57-50-23-21-45(27-52(50)59-33-43-17-9-39(3)10-18-43)35-55-48-25-47(30-54)26-49(29-48)56-36-46-22-24-51(58-32-42-15-7-38(2)8-16-42)53(28-46)60-34-44-19-11-40(4)12-20-44/h5-29,54H,30-36H2,1-4H3. The molecule has 0 aliphatic carbocycles. The Morgan fingerprint density at radius 3 is 0.883 bits per heavy atom. The Morgan fingerprint density at radius 2 is 0.567 bits per heavy atom. The van der Waals surface area contributed by atoms with Gasteiger partial charge in [-0.3, -0.25) is 0 Å². The molecule has 7 aromatic carbocycles. The minimum Gasteiger partial charge on any atom is -0.489 e. The van der Waals surface area contributed by atoms with Crippen LogP contribution in [0.5, 0.6) is 34.5 Å². The second kappa shape index (κ2) is 20.3. The molecule has 7 nitrogen and oxygen atoms in total. The van der Waals surface area contributed by atoms with Gasteiger partial charge in [0.1, 0.15) is 51.1 Å². The lowest BCUT2D eigenvalue weighted by atomic mass is 10.1. The Bertz CT molecular complexity index is 2270. The van der Waals surface area contributed by atoms with Crippen molar-refractivity contribution in [3.8, 4) is 34.5 Å². The van der Waals surface area contributed by atoms with Crippen molar-refractivity contribution in [2.75, 3.05) is 0 Å². The third-order valence-corrected chi connectivity index (χ3v) is 10.0. The molecule has 0 saturated heterocycles. The molecule has 0 bridgehead atoms. The van der Waals surface area contributed by atoms with Gasteiger partial charge in [0.2, 0.25) is 0 Å². The SMILES string of the molecule is Cc1ccc(COc2ccc(COc3cc(CO)cc(OCc4ccc(OCc5ccc(C)cc5)c(OCc5ccc(C)cc5)c4)c3)cc2OCc2ccc(C)cc2)cc1. The third kappa shape index (κ3) is 12.2. The van der Waals surface area contributed by atoms with Gasteiger partial charge in [0.25, 0.3) is 0 Å². The summed E-state index contributed by atoms with van der Waals surface area (Å²) in [6, 6.07) is 50.4. The molecule has 60 heavy (non-hydrogen) atoms.